The second-order valence-electron chi connectivity index (χ2n) is 5.95. The van der Waals surface area contributed by atoms with Crippen molar-refractivity contribution >= 4 is 11.8 Å². The summed E-state index contributed by atoms with van der Waals surface area (Å²) in [6.07, 6.45) is 13.3. The third kappa shape index (κ3) is 4.77. The lowest BCUT2D eigenvalue weighted by molar-refractivity contribution is 0.398. The first-order chi connectivity index (χ1) is 8.69. The lowest BCUT2D eigenvalue weighted by Crippen LogP contribution is -2.41. The molecule has 2 heteroatoms. The van der Waals surface area contributed by atoms with Crippen LogP contribution in [0.15, 0.2) is 0 Å². The van der Waals surface area contributed by atoms with Gasteiger partial charge in [-0.1, -0.05) is 40.0 Å². The predicted molar refractivity (Wildman–Crippen MR) is 85.5 cm³/mol. The third-order valence-electron chi connectivity index (χ3n) is 5.10. The summed E-state index contributed by atoms with van der Waals surface area (Å²) in [4.78, 5) is 0. The Bertz CT molecular complexity index is 205. The van der Waals surface area contributed by atoms with E-state index in [0.717, 1.165) is 12.0 Å². The molecule has 1 saturated carbocycles. The van der Waals surface area contributed by atoms with E-state index in [1.807, 2.05) is 0 Å². The van der Waals surface area contributed by atoms with Crippen LogP contribution in [0, 0.1) is 5.92 Å². The molecular formula is C16H33NS. The number of thioether (sulfide) groups is 1. The Labute approximate surface area is 119 Å². The Morgan fingerprint density at radius 2 is 1.78 bits per heavy atom. The molecule has 0 aromatic carbocycles. The van der Waals surface area contributed by atoms with Gasteiger partial charge in [0.2, 0.25) is 0 Å². The van der Waals surface area contributed by atoms with Crippen LogP contribution >= 0.6 is 11.8 Å². The average molecular weight is 272 g/mol. The first-order valence-corrected chi connectivity index (χ1v) is 9.20. The fourth-order valence-electron chi connectivity index (χ4n) is 3.18. The summed E-state index contributed by atoms with van der Waals surface area (Å²) in [5.41, 5.74) is 0. The number of hydrogen-bond donors (Lipinski definition) is 1. The Hall–Kier alpha value is 0.310. The van der Waals surface area contributed by atoms with E-state index in [0.29, 0.717) is 4.75 Å². The van der Waals surface area contributed by atoms with Crippen molar-refractivity contribution in [2.75, 3.05) is 12.8 Å². The van der Waals surface area contributed by atoms with Gasteiger partial charge < -0.3 is 5.32 Å². The molecule has 0 saturated heterocycles. The lowest BCUT2D eigenvalue weighted by atomic mass is 9.97. The van der Waals surface area contributed by atoms with Gasteiger partial charge in [-0.3, -0.25) is 0 Å². The van der Waals surface area contributed by atoms with Gasteiger partial charge in [-0.2, -0.15) is 11.8 Å². The summed E-state index contributed by atoms with van der Waals surface area (Å²) >= 11 is 2.05. The maximum atomic E-state index is 3.88. The Balaban J connectivity index is 2.38. The molecule has 0 aromatic rings. The maximum Gasteiger partial charge on any atom is 0.0276 e. The first kappa shape index (κ1) is 16.4. The van der Waals surface area contributed by atoms with Crippen LogP contribution in [-0.4, -0.2) is 23.6 Å². The van der Waals surface area contributed by atoms with Gasteiger partial charge in [-0.15, -0.1) is 0 Å². The number of nitrogens with one attached hydrogen (secondary N) is 1. The molecule has 0 spiro atoms. The molecule has 0 aliphatic heterocycles. The Morgan fingerprint density at radius 1 is 1.06 bits per heavy atom. The molecule has 1 fully saturated rings. The van der Waals surface area contributed by atoms with Crippen LogP contribution in [-0.2, 0) is 0 Å². The first-order valence-electron chi connectivity index (χ1n) is 7.98. The van der Waals surface area contributed by atoms with E-state index in [4.69, 9.17) is 0 Å². The molecule has 1 rings (SSSR count). The summed E-state index contributed by atoms with van der Waals surface area (Å²) in [5.74, 6) is 0.999. The van der Waals surface area contributed by atoms with Crippen molar-refractivity contribution in [2.45, 2.75) is 82.9 Å². The van der Waals surface area contributed by atoms with Crippen molar-refractivity contribution in [1.82, 2.24) is 5.32 Å². The monoisotopic (exact) mass is 271 g/mol. The number of rotatable bonds is 7. The van der Waals surface area contributed by atoms with E-state index in [-0.39, 0.29) is 0 Å². The molecule has 1 aliphatic carbocycles. The normalized spacial score (nSPS) is 26.0. The van der Waals surface area contributed by atoms with Gasteiger partial charge in [0.05, 0.1) is 0 Å². The predicted octanol–water partition coefficient (Wildman–Crippen LogP) is 4.86. The average Bonchev–Trinajstić information content (AvgIpc) is 2.66. The van der Waals surface area contributed by atoms with E-state index >= 15 is 0 Å². The summed E-state index contributed by atoms with van der Waals surface area (Å²) in [6.45, 7) is 8.22. The van der Waals surface area contributed by atoms with Crippen molar-refractivity contribution < 1.29 is 0 Å². The molecule has 1 nitrogen and oxygen atoms in total. The molecule has 0 amide bonds. The van der Waals surface area contributed by atoms with E-state index in [9.17, 15) is 0 Å². The highest BCUT2D eigenvalue weighted by molar-refractivity contribution is 8.00. The zero-order valence-electron chi connectivity index (χ0n) is 12.9. The van der Waals surface area contributed by atoms with E-state index in [1.54, 1.807) is 0 Å². The van der Waals surface area contributed by atoms with Crippen molar-refractivity contribution in [3.63, 3.8) is 0 Å². The molecule has 0 aromatic heterocycles. The van der Waals surface area contributed by atoms with Crippen molar-refractivity contribution in [2.24, 2.45) is 5.92 Å². The molecule has 1 N–H and O–H groups in total. The minimum absolute atomic E-state index is 0.469. The van der Waals surface area contributed by atoms with Gasteiger partial charge in [0.25, 0.3) is 0 Å². The molecule has 108 valence electrons. The highest BCUT2D eigenvalue weighted by Gasteiger charge is 2.26. The summed E-state index contributed by atoms with van der Waals surface area (Å²) < 4.78 is 0.469. The van der Waals surface area contributed by atoms with Gasteiger partial charge in [0, 0.05) is 17.3 Å². The Morgan fingerprint density at radius 3 is 2.33 bits per heavy atom. The minimum Gasteiger partial charge on any atom is -0.313 e. The largest absolute Gasteiger partial charge is 0.313 e. The van der Waals surface area contributed by atoms with E-state index in [1.165, 1.54) is 57.9 Å². The lowest BCUT2D eigenvalue weighted by Gasteiger charge is -2.32. The van der Waals surface area contributed by atoms with Gasteiger partial charge in [-0.25, -0.2) is 0 Å². The van der Waals surface area contributed by atoms with Crippen LogP contribution in [0.5, 0.6) is 0 Å². The molecule has 0 radical (unpaired) electrons. The van der Waals surface area contributed by atoms with E-state index in [2.05, 4.69) is 44.1 Å². The minimum atomic E-state index is 0.469. The third-order valence-corrected chi connectivity index (χ3v) is 6.69. The molecule has 2 atom stereocenters. The topological polar surface area (TPSA) is 12.0 Å². The van der Waals surface area contributed by atoms with Crippen LogP contribution in [0.25, 0.3) is 0 Å². The molecule has 1 aliphatic rings. The van der Waals surface area contributed by atoms with Crippen molar-refractivity contribution in [3.8, 4) is 0 Å². The second-order valence-corrected chi connectivity index (χ2v) is 7.23. The fraction of sp³-hybridized carbons (Fsp3) is 1.00. The summed E-state index contributed by atoms with van der Waals surface area (Å²) in [7, 11) is 0. The highest BCUT2D eigenvalue weighted by atomic mass is 32.2. The number of hydrogen-bond acceptors (Lipinski definition) is 2. The standard InChI is InChI=1S/C16H33NS/c1-5-14-9-8-10-15(12-11-14)17-13-16(6-2,7-3)18-4/h14-15,17H,5-13H2,1-4H3. The van der Waals surface area contributed by atoms with Crippen LogP contribution in [0.2, 0.25) is 0 Å². The summed E-state index contributed by atoms with van der Waals surface area (Å²) in [5, 5.41) is 3.88. The molecule has 2 unspecified atom stereocenters. The highest BCUT2D eigenvalue weighted by Crippen LogP contribution is 2.31. The fourth-order valence-corrected chi connectivity index (χ4v) is 3.99. The van der Waals surface area contributed by atoms with Crippen molar-refractivity contribution in [1.29, 1.82) is 0 Å². The van der Waals surface area contributed by atoms with Crippen LogP contribution < -0.4 is 5.32 Å². The molecule has 0 heterocycles. The molecular weight excluding hydrogens is 238 g/mol. The molecule has 18 heavy (non-hydrogen) atoms. The van der Waals surface area contributed by atoms with Crippen LogP contribution in [0.1, 0.15) is 72.1 Å². The summed E-state index contributed by atoms with van der Waals surface area (Å²) in [6, 6.07) is 0.783. The maximum absolute atomic E-state index is 3.88. The zero-order chi connectivity index (χ0) is 13.4. The SMILES string of the molecule is CCC1CCCC(NCC(CC)(CC)SC)CC1. The van der Waals surface area contributed by atoms with Crippen molar-refractivity contribution in [3.05, 3.63) is 0 Å². The molecule has 0 bridgehead atoms. The van der Waals surface area contributed by atoms with Crippen LogP contribution in [0.3, 0.4) is 0 Å². The van der Waals surface area contributed by atoms with Gasteiger partial charge in [0.1, 0.15) is 0 Å². The Kier molecular flexibility index (Phi) is 7.70. The van der Waals surface area contributed by atoms with Crippen LogP contribution in [0.4, 0.5) is 0 Å². The van der Waals surface area contributed by atoms with E-state index < -0.39 is 0 Å². The quantitative estimate of drug-likeness (QED) is 0.664. The van der Waals surface area contributed by atoms with Gasteiger partial charge >= 0.3 is 0 Å². The van der Waals surface area contributed by atoms with Gasteiger partial charge in [0.15, 0.2) is 0 Å². The van der Waals surface area contributed by atoms with Gasteiger partial charge in [-0.05, 0) is 44.3 Å². The second kappa shape index (κ2) is 8.47. The smallest absolute Gasteiger partial charge is 0.0276 e. The zero-order valence-corrected chi connectivity index (χ0v) is 13.7.